The first-order chi connectivity index (χ1) is 13.4. The standard InChI is InChI=1S/C20H22N4O3S/c1-15-13-17(9-10-18(15)27-3)28(25,26)23-19-11-12-20(22-21-19)24(2)14-16-7-5-4-6-8-16/h4-13H,14H2,1-3H3,(H,21,23). The molecule has 1 aromatic heterocycles. The molecule has 0 unspecified atom stereocenters. The molecule has 3 rings (SSSR count). The molecule has 0 atom stereocenters. The van der Waals surface area contributed by atoms with E-state index in [1.165, 1.54) is 6.07 Å². The Labute approximate surface area is 165 Å². The summed E-state index contributed by atoms with van der Waals surface area (Å²) in [6.07, 6.45) is 0. The molecule has 0 saturated carbocycles. The van der Waals surface area contributed by atoms with Gasteiger partial charge in [0.05, 0.1) is 12.0 Å². The quantitative estimate of drug-likeness (QED) is 0.658. The van der Waals surface area contributed by atoms with Crippen LogP contribution >= 0.6 is 0 Å². The summed E-state index contributed by atoms with van der Waals surface area (Å²) in [6, 6.07) is 18.0. The van der Waals surface area contributed by atoms with Crippen LogP contribution in [0.3, 0.4) is 0 Å². The van der Waals surface area contributed by atoms with Crippen LogP contribution in [0.2, 0.25) is 0 Å². The molecule has 0 aliphatic carbocycles. The van der Waals surface area contributed by atoms with Gasteiger partial charge in [-0.3, -0.25) is 4.72 Å². The predicted molar refractivity (Wildman–Crippen MR) is 109 cm³/mol. The zero-order chi connectivity index (χ0) is 20.1. The van der Waals surface area contributed by atoms with Gasteiger partial charge < -0.3 is 9.64 Å². The predicted octanol–water partition coefficient (Wildman–Crippen LogP) is 3.23. The summed E-state index contributed by atoms with van der Waals surface area (Å²) in [4.78, 5) is 2.07. The van der Waals surface area contributed by atoms with Crippen molar-refractivity contribution >= 4 is 21.7 Å². The number of methoxy groups -OCH3 is 1. The van der Waals surface area contributed by atoms with E-state index in [0.717, 1.165) is 11.1 Å². The third kappa shape index (κ3) is 4.58. The third-order valence-electron chi connectivity index (χ3n) is 4.22. The minimum Gasteiger partial charge on any atom is -0.496 e. The Kier molecular flexibility index (Phi) is 5.79. The van der Waals surface area contributed by atoms with Crippen LogP contribution in [0.1, 0.15) is 11.1 Å². The molecule has 28 heavy (non-hydrogen) atoms. The average Bonchev–Trinajstić information content (AvgIpc) is 2.69. The number of nitrogens with zero attached hydrogens (tertiary/aromatic N) is 3. The van der Waals surface area contributed by atoms with Crippen LogP contribution in [-0.2, 0) is 16.6 Å². The van der Waals surface area contributed by atoms with Gasteiger partial charge in [0.1, 0.15) is 5.75 Å². The second-order valence-electron chi connectivity index (χ2n) is 6.36. The maximum absolute atomic E-state index is 12.6. The number of hydrogen-bond acceptors (Lipinski definition) is 6. The number of nitrogens with one attached hydrogen (secondary N) is 1. The molecule has 1 heterocycles. The first-order valence-corrected chi connectivity index (χ1v) is 10.1. The van der Waals surface area contributed by atoms with Crippen LogP contribution in [0.15, 0.2) is 65.6 Å². The molecule has 0 spiro atoms. The molecule has 7 nitrogen and oxygen atoms in total. The van der Waals surface area contributed by atoms with Crippen LogP contribution in [-0.4, -0.2) is 32.8 Å². The zero-order valence-electron chi connectivity index (χ0n) is 16.0. The highest BCUT2D eigenvalue weighted by atomic mass is 32.2. The van der Waals surface area contributed by atoms with Crippen LogP contribution in [0.25, 0.3) is 0 Å². The summed E-state index contributed by atoms with van der Waals surface area (Å²) < 4.78 is 32.8. The van der Waals surface area contributed by atoms with Crippen molar-refractivity contribution in [1.29, 1.82) is 0 Å². The molecular weight excluding hydrogens is 376 g/mol. The number of aromatic nitrogens is 2. The van der Waals surface area contributed by atoms with Gasteiger partial charge >= 0.3 is 0 Å². The molecule has 1 N–H and O–H groups in total. The van der Waals surface area contributed by atoms with Crippen molar-refractivity contribution in [3.63, 3.8) is 0 Å². The Morgan fingerprint density at radius 1 is 1.04 bits per heavy atom. The van der Waals surface area contributed by atoms with Crippen molar-refractivity contribution in [2.45, 2.75) is 18.4 Å². The summed E-state index contributed by atoms with van der Waals surface area (Å²) in [6.45, 7) is 2.46. The largest absolute Gasteiger partial charge is 0.496 e. The lowest BCUT2D eigenvalue weighted by Gasteiger charge is -2.17. The SMILES string of the molecule is COc1ccc(S(=O)(=O)Nc2ccc(N(C)Cc3ccccc3)nn2)cc1C. The molecule has 0 fully saturated rings. The molecule has 0 amide bonds. The van der Waals surface area contributed by atoms with Crippen molar-refractivity contribution in [3.05, 3.63) is 71.8 Å². The highest BCUT2D eigenvalue weighted by molar-refractivity contribution is 7.92. The summed E-state index contributed by atoms with van der Waals surface area (Å²) >= 11 is 0. The maximum Gasteiger partial charge on any atom is 0.263 e. The van der Waals surface area contributed by atoms with Crippen molar-refractivity contribution in [2.75, 3.05) is 23.8 Å². The summed E-state index contributed by atoms with van der Waals surface area (Å²) in [5.74, 6) is 1.43. The van der Waals surface area contributed by atoms with Gasteiger partial charge in [0.25, 0.3) is 10.0 Å². The molecular formula is C20H22N4O3S. The number of anilines is 2. The van der Waals surface area contributed by atoms with Gasteiger partial charge in [-0.2, -0.15) is 0 Å². The third-order valence-corrected chi connectivity index (χ3v) is 5.57. The van der Waals surface area contributed by atoms with Crippen LogP contribution in [0.4, 0.5) is 11.6 Å². The van der Waals surface area contributed by atoms with Crippen molar-refractivity contribution in [1.82, 2.24) is 10.2 Å². The molecule has 3 aromatic rings. The molecule has 0 saturated heterocycles. The molecule has 0 aliphatic heterocycles. The van der Waals surface area contributed by atoms with E-state index < -0.39 is 10.0 Å². The van der Waals surface area contributed by atoms with Crippen LogP contribution in [0.5, 0.6) is 5.75 Å². The number of hydrogen-bond donors (Lipinski definition) is 1. The normalized spacial score (nSPS) is 11.1. The number of aryl methyl sites for hydroxylation is 1. The molecule has 0 bridgehead atoms. The first kappa shape index (κ1) is 19.6. The molecule has 2 aromatic carbocycles. The van der Waals surface area contributed by atoms with Gasteiger partial charge in [-0.15, -0.1) is 10.2 Å². The fourth-order valence-electron chi connectivity index (χ4n) is 2.74. The Morgan fingerprint density at radius 3 is 2.39 bits per heavy atom. The number of rotatable bonds is 7. The molecule has 146 valence electrons. The summed E-state index contributed by atoms with van der Waals surface area (Å²) in [5, 5.41) is 8.13. The minimum atomic E-state index is -3.76. The number of sulfonamides is 1. The highest BCUT2D eigenvalue weighted by Crippen LogP contribution is 2.23. The monoisotopic (exact) mass is 398 g/mol. The summed E-state index contributed by atoms with van der Waals surface area (Å²) in [5.41, 5.74) is 1.88. The van der Waals surface area contributed by atoms with Crippen molar-refractivity contribution in [3.8, 4) is 5.75 Å². The first-order valence-electron chi connectivity index (χ1n) is 8.65. The van der Waals surface area contributed by atoms with Crippen molar-refractivity contribution in [2.24, 2.45) is 0 Å². The average molecular weight is 398 g/mol. The molecule has 0 aliphatic rings. The van der Waals surface area contributed by atoms with Gasteiger partial charge in [0.15, 0.2) is 11.6 Å². The molecule has 8 heteroatoms. The van der Waals surface area contributed by atoms with E-state index in [4.69, 9.17) is 4.74 Å². The second kappa shape index (κ2) is 8.26. The van der Waals surface area contributed by atoms with E-state index in [-0.39, 0.29) is 10.7 Å². The van der Waals surface area contributed by atoms with E-state index in [9.17, 15) is 8.42 Å². The van der Waals surface area contributed by atoms with Crippen LogP contribution < -0.4 is 14.4 Å². The van der Waals surface area contributed by atoms with Crippen molar-refractivity contribution < 1.29 is 13.2 Å². The van der Waals surface area contributed by atoms with E-state index in [0.29, 0.717) is 18.1 Å². The lowest BCUT2D eigenvalue weighted by atomic mass is 10.2. The van der Waals surface area contributed by atoms with Gasteiger partial charge in [0.2, 0.25) is 0 Å². The van der Waals surface area contributed by atoms with Crippen LogP contribution in [0, 0.1) is 6.92 Å². The maximum atomic E-state index is 12.6. The van der Waals surface area contributed by atoms with E-state index in [2.05, 4.69) is 14.9 Å². The lowest BCUT2D eigenvalue weighted by molar-refractivity contribution is 0.411. The van der Waals surface area contributed by atoms with E-state index in [1.54, 1.807) is 38.3 Å². The molecule has 0 radical (unpaired) electrons. The Hall–Kier alpha value is -3.13. The topological polar surface area (TPSA) is 84.4 Å². The fraction of sp³-hybridized carbons (Fsp3) is 0.200. The van der Waals surface area contributed by atoms with Gasteiger partial charge in [-0.1, -0.05) is 30.3 Å². The number of ether oxygens (including phenoxy) is 1. The Balaban J connectivity index is 1.72. The fourth-order valence-corrected chi connectivity index (χ4v) is 3.82. The second-order valence-corrected chi connectivity index (χ2v) is 8.04. The lowest BCUT2D eigenvalue weighted by Crippen LogP contribution is -2.19. The zero-order valence-corrected chi connectivity index (χ0v) is 16.8. The highest BCUT2D eigenvalue weighted by Gasteiger charge is 2.17. The number of benzene rings is 2. The smallest absolute Gasteiger partial charge is 0.263 e. The Morgan fingerprint density at radius 2 is 1.79 bits per heavy atom. The minimum absolute atomic E-state index is 0.137. The van der Waals surface area contributed by atoms with E-state index in [1.807, 2.05) is 42.3 Å². The Bertz CT molecular complexity index is 1040. The van der Waals surface area contributed by atoms with Gasteiger partial charge in [-0.25, -0.2) is 8.42 Å². The van der Waals surface area contributed by atoms with E-state index >= 15 is 0 Å². The summed E-state index contributed by atoms with van der Waals surface area (Å²) in [7, 11) is -0.318. The van der Waals surface area contributed by atoms with Gasteiger partial charge in [-0.05, 0) is 48.4 Å². The van der Waals surface area contributed by atoms with Gasteiger partial charge in [0, 0.05) is 13.6 Å².